The van der Waals surface area contributed by atoms with Gasteiger partial charge in [-0.3, -0.25) is 0 Å². The van der Waals surface area contributed by atoms with Crippen LogP contribution in [-0.2, 0) is 12.2 Å². The molecular formula is C33H26ClN5O3S. The molecule has 0 aliphatic carbocycles. The zero-order chi connectivity index (χ0) is 30.3. The Morgan fingerprint density at radius 2 is 1.56 bits per heavy atom. The van der Waals surface area contributed by atoms with Crippen molar-refractivity contribution in [3.63, 3.8) is 0 Å². The Morgan fingerprint density at radius 1 is 0.884 bits per heavy atom. The number of oxazole rings is 1. The topological polar surface area (TPSA) is 153 Å². The summed E-state index contributed by atoms with van der Waals surface area (Å²) < 4.78 is 6.23. The molecule has 3 aromatic carbocycles. The van der Waals surface area contributed by atoms with E-state index in [2.05, 4.69) is 17.1 Å². The molecule has 10 heteroatoms. The van der Waals surface area contributed by atoms with Crippen LogP contribution in [0.1, 0.15) is 28.8 Å². The normalized spacial score (nSPS) is 11.6. The fourth-order valence-electron chi connectivity index (χ4n) is 4.57. The van der Waals surface area contributed by atoms with Crippen molar-refractivity contribution in [2.24, 2.45) is 0 Å². The van der Waals surface area contributed by atoms with Crippen molar-refractivity contribution >= 4 is 29.2 Å². The quantitative estimate of drug-likeness (QED) is 0.148. The highest BCUT2D eigenvalue weighted by Gasteiger charge is 2.23. The van der Waals surface area contributed by atoms with E-state index in [0.717, 1.165) is 16.7 Å². The van der Waals surface area contributed by atoms with Gasteiger partial charge in [0.2, 0.25) is 5.89 Å². The van der Waals surface area contributed by atoms with Gasteiger partial charge >= 0.3 is 0 Å². The molecule has 0 fully saturated rings. The van der Waals surface area contributed by atoms with E-state index in [1.165, 1.54) is 11.8 Å². The zero-order valence-corrected chi connectivity index (χ0v) is 24.4. The SMILES string of the molecule is N#Cc1c(N)nc(SCc2nc(-c3ccc(Cl)cc3)oc2-c2ccccc2)c(C#N)c1-c1ccc(CC[C@H](O)CO)cc1. The minimum Gasteiger partial charge on any atom is -0.436 e. The van der Waals surface area contributed by atoms with Crippen LogP contribution in [0.3, 0.4) is 0 Å². The fourth-order valence-corrected chi connectivity index (χ4v) is 5.62. The lowest BCUT2D eigenvalue weighted by atomic mass is 9.95. The third-order valence-electron chi connectivity index (χ3n) is 6.81. The third kappa shape index (κ3) is 6.72. The number of nitrogen functional groups attached to an aromatic ring is 1. The van der Waals surface area contributed by atoms with E-state index in [1.807, 2.05) is 66.7 Å². The van der Waals surface area contributed by atoms with Gasteiger partial charge in [-0.15, -0.1) is 0 Å². The molecule has 0 aliphatic heterocycles. The van der Waals surface area contributed by atoms with Gasteiger partial charge in [0.25, 0.3) is 0 Å². The maximum Gasteiger partial charge on any atom is 0.227 e. The lowest BCUT2D eigenvalue weighted by Crippen LogP contribution is -2.12. The molecule has 0 radical (unpaired) electrons. The number of aromatic nitrogens is 2. The highest BCUT2D eigenvalue weighted by atomic mass is 35.5. The van der Waals surface area contributed by atoms with E-state index in [9.17, 15) is 15.6 Å². The molecule has 1 atom stereocenters. The van der Waals surface area contributed by atoms with Gasteiger partial charge in [0.05, 0.1) is 24.0 Å². The molecule has 214 valence electrons. The van der Waals surface area contributed by atoms with E-state index in [-0.39, 0.29) is 23.6 Å². The molecule has 0 unspecified atom stereocenters. The van der Waals surface area contributed by atoms with Gasteiger partial charge in [-0.05, 0) is 48.2 Å². The average molecular weight is 608 g/mol. The summed E-state index contributed by atoms with van der Waals surface area (Å²) in [5.74, 6) is 1.38. The minimum atomic E-state index is -0.788. The van der Waals surface area contributed by atoms with E-state index < -0.39 is 6.10 Å². The summed E-state index contributed by atoms with van der Waals surface area (Å²) in [6, 6.07) is 28.5. The second-order valence-corrected chi connectivity index (χ2v) is 11.1. The van der Waals surface area contributed by atoms with Gasteiger partial charge in [0, 0.05) is 27.5 Å². The molecule has 0 saturated heterocycles. The average Bonchev–Trinajstić information content (AvgIpc) is 3.47. The monoisotopic (exact) mass is 607 g/mol. The van der Waals surface area contributed by atoms with Gasteiger partial charge < -0.3 is 20.4 Å². The number of hydrogen-bond acceptors (Lipinski definition) is 9. The van der Waals surface area contributed by atoms with E-state index in [0.29, 0.717) is 57.1 Å². The minimum absolute atomic E-state index is 0.0273. The molecule has 5 rings (SSSR count). The molecule has 0 aliphatic rings. The molecular weight excluding hydrogens is 582 g/mol. The molecule has 0 amide bonds. The molecule has 5 aromatic rings. The first-order valence-electron chi connectivity index (χ1n) is 13.4. The summed E-state index contributed by atoms with van der Waals surface area (Å²) in [5.41, 5.74) is 10.9. The highest BCUT2D eigenvalue weighted by molar-refractivity contribution is 7.98. The lowest BCUT2D eigenvalue weighted by molar-refractivity contribution is 0.0886. The predicted octanol–water partition coefficient (Wildman–Crippen LogP) is 6.63. The van der Waals surface area contributed by atoms with Crippen LogP contribution in [-0.4, -0.2) is 32.9 Å². The second-order valence-electron chi connectivity index (χ2n) is 9.68. The van der Waals surface area contributed by atoms with Crippen LogP contribution >= 0.6 is 23.4 Å². The summed E-state index contributed by atoms with van der Waals surface area (Å²) in [7, 11) is 0. The molecule has 2 heterocycles. The number of rotatable bonds is 10. The Hall–Kier alpha value is -4.64. The first kappa shape index (κ1) is 29.8. The largest absolute Gasteiger partial charge is 0.436 e. The molecule has 0 saturated carbocycles. The van der Waals surface area contributed by atoms with E-state index in [4.69, 9.17) is 31.8 Å². The molecule has 8 nitrogen and oxygen atoms in total. The van der Waals surface area contributed by atoms with Crippen molar-refractivity contribution in [2.75, 3.05) is 12.3 Å². The number of anilines is 1. The summed E-state index contributed by atoms with van der Waals surface area (Å²) >= 11 is 7.36. The number of nitrogens with zero attached hydrogens (tertiary/aromatic N) is 4. The van der Waals surface area contributed by atoms with Crippen molar-refractivity contribution < 1.29 is 14.6 Å². The van der Waals surface area contributed by atoms with Crippen LogP contribution in [0.2, 0.25) is 5.02 Å². The standard InChI is InChI=1S/C33H26ClN5O3S/c34-24-13-11-23(12-14-24)32-38-28(30(42-32)22-4-2-1-3-5-22)19-43-33-27(17-36)29(26(16-35)31(37)39-33)21-9-6-20(7-10-21)8-15-25(41)18-40/h1-7,9-14,25,40-41H,8,15,18-19H2,(H2,37,39)/t25-/m0/s1. The first-order chi connectivity index (χ1) is 20.9. The summed E-state index contributed by atoms with van der Waals surface area (Å²) in [6.45, 7) is -0.296. The van der Waals surface area contributed by atoms with Crippen LogP contribution in [0.25, 0.3) is 33.9 Å². The number of hydrogen-bond donors (Lipinski definition) is 3. The Morgan fingerprint density at radius 3 is 2.21 bits per heavy atom. The van der Waals surface area contributed by atoms with E-state index >= 15 is 0 Å². The van der Waals surface area contributed by atoms with Gasteiger partial charge in [0.1, 0.15) is 28.5 Å². The Kier molecular flexibility index (Phi) is 9.41. The molecule has 0 spiro atoms. The smallest absolute Gasteiger partial charge is 0.227 e. The molecule has 2 aromatic heterocycles. The summed E-state index contributed by atoms with van der Waals surface area (Å²) in [5, 5.41) is 39.9. The van der Waals surface area contributed by atoms with Crippen LogP contribution in [0.4, 0.5) is 5.82 Å². The van der Waals surface area contributed by atoms with Crippen LogP contribution < -0.4 is 5.73 Å². The number of benzene rings is 3. The number of thioether (sulfide) groups is 1. The van der Waals surface area contributed by atoms with Crippen molar-refractivity contribution in [3.8, 4) is 46.0 Å². The number of aliphatic hydroxyl groups is 2. The highest BCUT2D eigenvalue weighted by Crippen LogP contribution is 2.39. The van der Waals surface area contributed by atoms with Crippen molar-refractivity contribution in [1.82, 2.24) is 9.97 Å². The fraction of sp³-hybridized carbons (Fsp3) is 0.152. The third-order valence-corrected chi connectivity index (χ3v) is 8.04. The first-order valence-corrected chi connectivity index (χ1v) is 14.7. The predicted molar refractivity (Wildman–Crippen MR) is 167 cm³/mol. The molecule has 0 bridgehead atoms. The number of aliphatic hydroxyl groups excluding tert-OH is 2. The van der Waals surface area contributed by atoms with Gasteiger partial charge in [0.15, 0.2) is 5.76 Å². The molecule has 4 N–H and O–H groups in total. The van der Waals surface area contributed by atoms with Gasteiger partial charge in [-0.2, -0.15) is 10.5 Å². The van der Waals surface area contributed by atoms with Crippen molar-refractivity contribution in [3.05, 3.63) is 106 Å². The summed E-state index contributed by atoms with van der Waals surface area (Å²) in [6.07, 6.45) is 0.194. The Bertz CT molecular complexity index is 1810. The van der Waals surface area contributed by atoms with E-state index in [1.54, 1.807) is 12.1 Å². The van der Waals surface area contributed by atoms with Crippen LogP contribution in [0.15, 0.2) is 88.3 Å². The Labute approximate surface area is 258 Å². The number of pyridine rings is 1. The van der Waals surface area contributed by atoms with Gasteiger partial charge in [-0.25, -0.2) is 9.97 Å². The van der Waals surface area contributed by atoms with Crippen LogP contribution in [0, 0.1) is 22.7 Å². The second kappa shape index (κ2) is 13.6. The van der Waals surface area contributed by atoms with Crippen molar-refractivity contribution in [1.29, 1.82) is 10.5 Å². The lowest BCUT2D eigenvalue weighted by Gasteiger charge is -2.13. The Balaban J connectivity index is 1.50. The maximum atomic E-state index is 10.3. The number of halogens is 1. The zero-order valence-electron chi connectivity index (χ0n) is 22.9. The number of nitriles is 2. The number of nitrogens with two attached hydrogens (primary N) is 1. The van der Waals surface area contributed by atoms with Crippen LogP contribution in [0.5, 0.6) is 0 Å². The maximum absolute atomic E-state index is 10.3. The number of aryl methyl sites for hydroxylation is 1. The van der Waals surface area contributed by atoms with Crippen molar-refractivity contribution in [2.45, 2.75) is 29.7 Å². The summed E-state index contributed by atoms with van der Waals surface area (Å²) in [4.78, 5) is 9.22. The molecule has 43 heavy (non-hydrogen) atoms. The van der Waals surface area contributed by atoms with Gasteiger partial charge in [-0.1, -0.05) is 78.0 Å².